The largest absolute Gasteiger partial charge is 0.497 e. The average Bonchev–Trinajstić information content (AvgIpc) is 2.62. The number of nitrogens with zero attached hydrogens (tertiary/aromatic N) is 1. The van der Waals surface area contributed by atoms with Crippen molar-refractivity contribution >= 4 is 16.7 Å². The molecule has 4 heteroatoms. The molecule has 0 aliphatic rings. The molecular formula is C21H22N2O2. The van der Waals surface area contributed by atoms with Gasteiger partial charge in [-0.25, -0.2) is 0 Å². The topological polar surface area (TPSA) is 55.6 Å². The van der Waals surface area contributed by atoms with Crippen molar-refractivity contribution in [3.05, 3.63) is 77.9 Å². The molecule has 0 aliphatic carbocycles. The van der Waals surface area contributed by atoms with Crippen LogP contribution in [0, 0.1) is 0 Å². The molecule has 0 aromatic heterocycles. The molecule has 3 rings (SSSR count). The molecule has 0 aliphatic heterocycles. The van der Waals surface area contributed by atoms with Crippen LogP contribution in [0.2, 0.25) is 0 Å². The zero-order valence-electron chi connectivity index (χ0n) is 14.5. The van der Waals surface area contributed by atoms with Crippen molar-refractivity contribution in [1.82, 2.24) is 4.90 Å². The molecule has 128 valence electrons. The van der Waals surface area contributed by atoms with E-state index >= 15 is 0 Å². The van der Waals surface area contributed by atoms with Gasteiger partial charge in [-0.1, -0.05) is 48.5 Å². The van der Waals surface area contributed by atoms with Crippen molar-refractivity contribution in [2.75, 3.05) is 14.2 Å². The molecule has 0 saturated heterocycles. The lowest BCUT2D eigenvalue weighted by Crippen LogP contribution is -2.34. The maximum atomic E-state index is 12.0. The maximum Gasteiger partial charge on any atom is 0.239 e. The minimum atomic E-state index is -0.451. The van der Waals surface area contributed by atoms with E-state index in [1.165, 1.54) is 0 Å². The third kappa shape index (κ3) is 3.80. The van der Waals surface area contributed by atoms with E-state index in [0.29, 0.717) is 6.54 Å². The van der Waals surface area contributed by atoms with Crippen LogP contribution in [-0.4, -0.2) is 25.0 Å². The Bertz CT molecular complexity index is 877. The number of methoxy groups -OCH3 is 1. The molecule has 0 spiro atoms. The summed E-state index contributed by atoms with van der Waals surface area (Å²) in [4.78, 5) is 14.0. The number of ether oxygens (including phenoxy) is 1. The van der Waals surface area contributed by atoms with Crippen molar-refractivity contribution in [2.24, 2.45) is 5.73 Å². The number of rotatable bonds is 6. The molecule has 0 heterocycles. The molecule has 0 fully saturated rings. The van der Waals surface area contributed by atoms with Gasteiger partial charge in [-0.05, 0) is 47.1 Å². The van der Waals surface area contributed by atoms with E-state index < -0.39 is 6.04 Å². The first-order chi connectivity index (χ1) is 12.1. The van der Waals surface area contributed by atoms with Gasteiger partial charge in [-0.3, -0.25) is 9.69 Å². The molecule has 25 heavy (non-hydrogen) atoms. The Morgan fingerprint density at radius 1 is 1.04 bits per heavy atom. The summed E-state index contributed by atoms with van der Waals surface area (Å²) in [5.41, 5.74) is 7.68. The number of hydrogen-bond acceptors (Lipinski definition) is 3. The van der Waals surface area contributed by atoms with Gasteiger partial charge in [0.05, 0.1) is 7.11 Å². The second-order valence-electron chi connectivity index (χ2n) is 6.18. The first kappa shape index (κ1) is 17.0. The number of carbonyl (C=O) groups excluding carboxylic acids is 1. The Kier molecular flexibility index (Phi) is 5.00. The Morgan fingerprint density at radius 2 is 1.72 bits per heavy atom. The molecule has 3 aromatic carbocycles. The van der Waals surface area contributed by atoms with Crippen LogP contribution in [0.15, 0.2) is 66.7 Å². The van der Waals surface area contributed by atoms with E-state index in [2.05, 4.69) is 18.2 Å². The summed E-state index contributed by atoms with van der Waals surface area (Å²) in [5, 5.41) is 2.27. The van der Waals surface area contributed by atoms with E-state index in [-0.39, 0.29) is 5.91 Å². The Labute approximate surface area is 147 Å². The molecule has 2 N–H and O–H groups in total. The van der Waals surface area contributed by atoms with Crippen molar-refractivity contribution < 1.29 is 9.53 Å². The highest BCUT2D eigenvalue weighted by molar-refractivity contribution is 5.84. The molecule has 4 nitrogen and oxygen atoms in total. The van der Waals surface area contributed by atoms with Crippen molar-refractivity contribution in [2.45, 2.75) is 12.6 Å². The third-order valence-electron chi connectivity index (χ3n) is 4.37. The van der Waals surface area contributed by atoms with E-state index in [1.807, 2.05) is 60.5 Å². The predicted octanol–water partition coefficient (Wildman–Crippen LogP) is 3.51. The fourth-order valence-electron chi connectivity index (χ4n) is 3.15. The normalized spacial score (nSPS) is 12.3. The van der Waals surface area contributed by atoms with Gasteiger partial charge in [-0.15, -0.1) is 0 Å². The van der Waals surface area contributed by atoms with Crippen LogP contribution in [0.3, 0.4) is 0 Å². The molecule has 0 bridgehead atoms. The molecular weight excluding hydrogens is 312 g/mol. The highest BCUT2D eigenvalue weighted by atomic mass is 16.5. The Morgan fingerprint density at radius 3 is 2.40 bits per heavy atom. The van der Waals surface area contributed by atoms with Gasteiger partial charge in [0.25, 0.3) is 0 Å². The predicted molar refractivity (Wildman–Crippen MR) is 100 cm³/mol. The fraction of sp³-hybridized carbons (Fsp3) is 0.190. The zero-order chi connectivity index (χ0) is 17.8. The summed E-state index contributed by atoms with van der Waals surface area (Å²) in [5.74, 6) is 0.495. The van der Waals surface area contributed by atoms with Gasteiger partial charge < -0.3 is 10.5 Å². The summed E-state index contributed by atoms with van der Waals surface area (Å²) < 4.78 is 5.26. The van der Waals surface area contributed by atoms with Gasteiger partial charge >= 0.3 is 0 Å². The number of amides is 1. The molecule has 0 unspecified atom stereocenters. The third-order valence-corrected chi connectivity index (χ3v) is 4.37. The van der Waals surface area contributed by atoms with Gasteiger partial charge in [0, 0.05) is 6.54 Å². The smallest absolute Gasteiger partial charge is 0.239 e. The number of primary amides is 1. The minimum absolute atomic E-state index is 0.348. The zero-order valence-corrected chi connectivity index (χ0v) is 14.5. The lowest BCUT2D eigenvalue weighted by atomic mass is 10.0. The Hall–Kier alpha value is -2.85. The fourth-order valence-corrected chi connectivity index (χ4v) is 3.15. The Balaban J connectivity index is 1.85. The van der Waals surface area contributed by atoms with Crippen LogP contribution < -0.4 is 10.5 Å². The molecule has 1 amide bonds. The van der Waals surface area contributed by atoms with Crippen LogP contribution >= 0.6 is 0 Å². The summed E-state index contributed by atoms with van der Waals surface area (Å²) in [7, 11) is 3.58. The van der Waals surface area contributed by atoms with Crippen molar-refractivity contribution in [1.29, 1.82) is 0 Å². The van der Waals surface area contributed by atoms with Crippen LogP contribution in [-0.2, 0) is 11.3 Å². The summed E-state index contributed by atoms with van der Waals surface area (Å²) in [6, 6.07) is 21.5. The first-order valence-corrected chi connectivity index (χ1v) is 8.19. The van der Waals surface area contributed by atoms with Gasteiger partial charge in [0.1, 0.15) is 11.8 Å². The number of hydrogen-bond donors (Lipinski definition) is 1. The molecule has 0 saturated carbocycles. The second kappa shape index (κ2) is 7.36. The molecule has 3 aromatic rings. The molecule has 1 atom stereocenters. The summed E-state index contributed by atoms with van der Waals surface area (Å²) in [6.07, 6.45) is 0. The van der Waals surface area contributed by atoms with E-state index in [9.17, 15) is 4.79 Å². The summed E-state index contributed by atoms with van der Waals surface area (Å²) in [6.45, 7) is 0.629. The number of fused-ring (bicyclic) bond motifs is 1. The second-order valence-corrected chi connectivity index (χ2v) is 6.18. The number of carbonyl (C=O) groups is 1. The minimum Gasteiger partial charge on any atom is -0.497 e. The lowest BCUT2D eigenvalue weighted by molar-refractivity contribution is -0.123. The van der Waals surface area contributed by atoms with Crippen LogP contribution in [0.1, 0.15) is 17.2 Å². The maximum absolute atomic E-state index is 12.0. The van der Waals surface area contributed by atoms with Crippen LogP contribution in [0.4, 0.5) is 0 Å². The van der Waals surface area contributed by atoms with Crippen LogP contribution in [0.5, 0.6) is 5.75 Å². The lowest BCUT2D eigenvalue weighted by Gasteiger charge is -2.26. The van der Waals surface area contributed by atoms with Gasteiger partial charge in [0.2, 0.25) is 5.91 Å². The van der Waals surface area contributed by atoms with Gasteiger partial charge in [-0.2, -0.15) is 0 Å². The average molecular weight is 334 g/mol. The number of likely N-dealkylation sites (N-methyl/N-ethyl adjacent to an activating group) is 1. The first-order valence-electron chi connectivity index (χ1n) is 8.19. The van der Waals surface area contributed by atoms with Crippen molar-refractivity contribution in [3.63, 3.8) is 0 Å². The SMILES string of the molecule is COc1ccc2cc(CN(C)[C@@H](C(N)=O)c3ccccc3)ccc2c1. The highest BCUT2D eigenvalue weighted by Crippen LogP contribution is 2.25. The quantitative estimate of drug-likeness (QED) is 0.750. The van der Waals surface area contributed by atoms with E-state index in [1.54, 1.807) is 7.11 Å². The molecule has 0 radical (unpaired) electrons. The number of nitrogens with two attached hydrogens (primary N) is 1. The van der Waals surface area contributed by atoms with Crippen molar-refractivity contribution in [3.8, 4) is 5.75 Å². The highest BCUT2D eigenvalue weighted by Gasteiger charge is 2.22. The van der Waals surface area contributed by atoms with E-state index in [0.717, 1.165) is 27.6 Å². The van der Waals surface area contributed by atoms with Crippen LogP contribution in [0.25, 0.3) is 10.8 Å². The number of benzene rings is 3. The van der Waals surface area contributed by atoms with Gasteiger partial charge in [0.15, 0.2) is 0 Å². The van der Waals surface area contributed by atoms with E-state index in [4.69, 9.17) is 10.5 Å². The monoisotopic (exact) mass is 334 g/mol. The summed E-state index contributed by atoms with van der Waals surface area (Å²) >= 11 is 0. The standard InChI is InChI=1S/C21H22N2O2/c1-23(20(21(22)24)16-6-4-3-5-7-16)14-15-8-9-18-13-19(25-2)11-10-17(18)12-15/h3-13,20H,14H2,1-2H3,(H2,22,24)/t20-/m1/s1.